The first kappa shape index (κ1) is 65.4. The number of aliphatic hydroxyl groups is 3. The number of phosphoric acid groups is 3. The van der Waals surface area contributed by atoms with Gasteiger partial charge in [-0.05, 0) is 70.6 Å². The van der Waals surface area contributed by atoms with Crippen LogP contribution in [-0.4, -0.2) is 108 Å². The molecule has 0 aliphatic heterocycles. The van der Waals surface area contributed by atoms with Gasteiger partial charge in [-0.15, -0.1) is 0 Å². The first-order valence-corrected chi connectivity index (χ1v) is 29.8. The van der Waals surface area contributed by atoms with E-state index in [9.17, 15) is 63.1 Å². The number of carbonyl (C=O) groups is 2. The van der Waals surface area contributed by atoms with Crippen molar-refractivity contribution in [2.75, 3.05) is 13.2 Å². The van der Waals surface area contributed by atoms with Crippen molar-refractivity contribution in [3.63, 3.8) is 0 Å². The first-order valence-electron chi connectivity index (χ1n) is 25.3. The Kier molecular flexibility index (Phi) is 36.9. The Morgan fingerprint density at radius 3 is 1.32 bits per heavy atom. The number of hydrogen-bond acceptors (Lipinski definition) is 14. The molecule has 1 fully saturated rings. The molecule has 0 radical (unpaired) electrons. The van der Waals surface area contributed by atoms with Gasteiger partial charge in [-0.2, -0.15) is 0 Å². The smallest absolute Gasteiger partial charge is 0.462 e. The van der Waals surface area contributed by atoms with Crippen LogP contribution in [0.1, 0.15) is 194 Å². The molecule has 1 aliphatic carbocycles. The fourth-order valence-electron chi connectivity index (χ4n) is 7.61. The molecular weight excluding hydrogens is 961 g/mol. The fourth-order valence-corrected chi connectivity index (χ4v) is 9.70. The van der Waals surface area contributed by atoms with Gasteiger partial charge in [-0.1, -0.05) is 147 Å². The highest BCUT2D eigenvalue weighted by atomic mass is 31.2. The summed E-state index contributed by atoms with van der Waals surface area (Å²) in [6.07, 6.45) is 24.3. The monoisotopic (exact) mass is 1050 g/mol. The highest BCUT2D eigenvalue weighted by molar-refractivity contribution is 7.47. The molecule has 69 heavy (non-hydrogen) atoms. The second-order valence-electron chi connectivity index (χ2n) is 17.7. The van der Waals surface area contributed by atoms with Crippen molar-refractivity contribution in [3.8, 4) is 0 Å². The lowest BCUT2D eigenvalue weighted by molar-refractivity contribution is -0.213. The third-order valence-corrected chi connectivity index (χ3v) is 13.4. The molecule has 0 aromatic heterocycles. The van der Waals surface area contributed by atoms with Crippen molar-refractivity contribution in [1.82, 2.24) is 0 Å². The lowest BCUT2D eigenvalue weighted by Gasteiger charge is -2.44. The number of ether oxygens (including phenoxy) is 2. The van der Waals surface area contributed by atoms with Crippen LogP contribution < -0.4 is 0 Å². The highest BCUT2D eigenvalue weighted by Gasteiger charge is 2.56. The van der Waals surface area contributed by atoms with Crippen LogP contribution in [0.4, 0.5) is 0 Å². The first-order chi connectivity index (χ1) is 32.8. The zero-order valence-corrected chi connectivity index (χ0v) is 43.8. The van der Waals surface area contributed by atoms with E-state index in [1.54, 1.807) is 0 Å². The number of allylic oxidation sites excluding steroid dienone is 6. The van der Waals surface area contributed by atoms with Gasteiger partial charge in [0.25, 0.3) is 0 Å². The third kappa shape index (κ3) is 35.2. The number of esters is 2. The summed E-state index contributed by atoms with van der Waals surface area (Å²) >= 11 is 0. The Balaban J connectivity index is 2.71. The van der Waals surface area contributed by atoms with E-state index in [-0.39, 0.29) is 12.8 Å². The van der Waals surface area contributed by atoms with Crippen LogP contribution in [0, 0.1) is 0 Å². The summed E-state index contributed by atoms with van der Waals surface area (Å²) in [7, 11) is -16.6. The van der Waals surface area contributed by atoms with Gasteiger partial charge in [0.1, 0.15) is 43.2 Å². The van der Waals surface area contributed by atoms with E-state index >= 15 is 0 Å². The minimum absolute atomic E-state index is 0.00967. The second kappa shape index (κ2) is 38.9. The van der Waals surface area contributed by atoms with E-state index in [1.165, 1.54) is 57.8 Å². The van der Waals surface area contributed by atoms with Crippen molar-refractivity contribution in [1.29, 1.82) is 0 Å². The van der Waals surface area contributed by atoms with Crippen molar-refractivity contribution >= 4 is 35.4 Å². The van der Waals surface area contributed by atoms with Crippen LogP contribution in [0.5, 0.6) is 0 Å². The molecule has 22 heteroatoms. The van der Waals surface area contributed by atoms with E-state index in [0.29, 0.717) is 12.8 Å². The molecule has 0 amide bonds. The summed E-state index contributed by atoms with van der Waals surface area (Å²) in [4.78, 5) is 73.3. The number of carbonyl (C=O) groups excluding carboxylic acids is 2. The number of rotatable bonds is 43. The normalized spacial score (nSPS) is 21.6. The highest BCUT2D eigenvalue weighted by Crippen LogP contribution is 2.51. The Morgan fingerprint density at radius 1 is 0.464 bits per heavy atom. The van der Waals surface area contributed by atoms with Gasteiger partial charge in [0.15, 0.2) is 6.10 Å². The second-order valence-corrected chi connectivity index (χ2v) is 21.5. The van der Waals surface area contributed by atoms with Crippen molar-refractivity contribution in [2.45, 2.75) is 236 Å². The molecule has 0 bridgehead atoms. The molecule has 0 saturated heterocycles. The predicted octanol–water partition coefficient (Wildman–Crippen LogP) is 9.63. The lowest BCUT2D eigenvalue weighted by atomic mass is 9.85. The van der Waals surface area contributed by atoms with Crippen molar-refractivity contribution in [2.24, 2.45) is 0 Å². The number of hydrogen-bond donors (Lipinski definition) is 8. The number of unbranched alkanes of at least 4 members (excludes halogenated alkanes) is 21. The van der Waals surface area contributed by atoms with Crippen LogP contribution in [0.2, 0.25) is 0 Å². The van der Waals surface area contributed by atoms with Gasteiger partial charge in [0, 0.05) is 12.8 Å². The minimum atomic E-state index is -5.60. The Labute approximate surface area is 410 Å². The molecule has 5 unspecified atom stereocenters. The molecule has 1 aliphatic rings. The van der Waals surface area contributed by atoms with Gasteiger partial charge < -0.3 is 49.3 Å². The third-order valence-electron chi connectivity index (χ3n) is 11.4. The van der Waals surface area contributed by atoms with E-state index in [4.69, 9.17) is 18.5 Å². The maximum Gasteiger partial charge on any atom is 0.472 e. The Bertz CT molecular complexity index is 1580. The van der Waals surface area contributed by atoms with E-state index in [1.807, 2.05) is 0 Å². The van der Waals surface area contributed by atoms with Gasteiger partial charge in [0.05, 0.1) is 6.61 Å². The van der Waals surface area contributed by atoms with Gasteiger partial charge in [-0.25, -0.2) is 13.7 Å². The molecule has 0 heterocycles. The minimum Gasteiger partial charge on any atom is -0.462 e. The molecule has 8 atom stereocenters. The average Bonchev–Trinajstić information content (AvgIpc) is 3.28. The number of phosphoric ester groups is 3. The molecule has 1 rings (SSSR count). The largest absolute Gasteiger partial charge is 0.472 e. The molecule has 0 aromatic rings. The Morgan fingerprint density at radius 2 is 0.841 bits per heavy atom. The SMILES string of the molecule is CCCCC/C=C\C/C=C\CCCCCCCC(=O)OC[C@H](COP(=O)(O)O[C@H]1C(O)C(O)C(OP(=O)(O)O)[C@@H](OP(=O)(O)O)C1O)OC(=O)CCCCCCCCC/C=C\CCCCCCCC. The quantitative estimate of drug-likeness (QED) is 0.0122. The summed E-state index contributed by atoms with van der Waals surface area (Å²) in [5.41, 5.74) is 0. The van der Waals surface area contributed by atoms with Crippen molar-refractivity contribution < 1.29 is 90.6 Å². The van der Waals surface area contributed by atoms with E-state index in [2.05, 4.69) is 59.4 Å². The predicted molar refractivity (Wildman–Crippen MR) is 261 cm³/mol. The maximum atomic E-state index is 13.1. The molecule has 0 aromatic carbocycles. The standard InChI is InChI=1S/C47H87O19P3/c1-3-5-7-9-11-13-15-17-19-20-22-24-26-28-30-32-34-36-41(49)63-39(37-61-40(48)35-33-31-29-27-25-23-21-18-16-14-12-10-8-6-4-2)38-62-69(59,60)66-45-42(50)43(51)46(64-67(53,54)55)47(44(45)52)65-68(56,57)58/h12,14,17-19,21,39,42-47,50-52H,3-11,13,15-16,20,22-38H2,1-2H3,(H,59,60)(H2,53,54,55)(H2,56,57,58)/b14-12-,19-17-,21-18-/t39-,42?,43?,44?,45+,46?,47+/m1/s1. The molecule has 19 nitrogen and oxygen atoms in total. The summed E-state index contributed by atoms with van der Waals surface area (Å²) in [5.74, 6) is -1.32. The maximum absolute atomic E-state index is 13.1. The summed E-state index contributed by atoms with van der Waals surface area (Å²) in [6, 6.07) is 0. The van der Waals surface area contributed by atoms with E-state index < -0.39 is 91.3 Å². The van der Waals surface area contributed by atoms with Crippen LogP contribution in [0.25, 0.3) is 0 Å². The summed E-state index contributed by atoms with van der Waals surface area (Å²) in [5, 5.41) is 31.9. The summed E-state index contributed by atoms with van der Waals surface area (Å²) in [6.45, 7) is 2.91. The molecule has 1 saturated carbocycles. The number of aliphatic hydroxyl groups excluding tert-OH is 3. The Hall–Kier alpha value is -1.63. The van der Waals surface area contributed by atoms with Crippen LogP contribution >= 0.6 is 23.5 Å². The summed E-state index contributed by atoms with van der Waals surface area (Å²) < 4.78 is 65.6. The van der Waals surface area contributed by atoms with Gasteiger partial charge in [0.2, 0.25) is 0 Å². The van der Waals surface area contributed by atoms with Gasteiger partial charge >= 0.3 is 35.4 Å². The van der Waals surface area contributed by atoms with Crippen LogP contribution in [0.15, 0.2) is 36.5 Å². The molecule has 404 valence electrons. The van der Waals surface area contributed by atoms with Crippen LogP contribution in [-0.2, 0) is 50.9 Å². The molecular formula is C47H87O19P3. The fraction of sp³-hybridized carbons (Fsp3) is 0.830. The zero-order chi connectivity index (χ0) is 51.4. The lowest BCUT2D eigenvalue weighted by Crippen LogP contribution is -2.65. The average molecular weight is 1050 g/mol. The topological polar surface area (TPSA) is 303 Å². The van der Waals surface area contributed by atoms with Gasteiger partial charge in [-0.3, -0.25) is 27.7 Å². The van der Waals surface area contributed by atoms with Crippen molar-refractivity contribution in [3.05, 3.63) is 36.5 Å². The molecule has 8 N–H and O–H groups in total. The molecule has 0 spiro atoms. The van der Waals surface area contributed by atoms with Crippen LogP contribution in [0.3, 0.4) is 0 Å². The van der Waals surface area contributed by atoms with E-state index in [0.717, 1.165) is 96.3 Å². The zero-order valence-electron chi connectivity index (χ0n) is 41.1.